The molecular weight excluding hydrogens is 476 g/mol. The summed E-state index contributed by atoms with van der Waals surface area (Å²) in [6, 6.07) is 6.89. The number of nitro groups is 1. The number of nitriles is 1. The summed E-state index contributed by atoms with van der Waals surface area (Å²) >= 11 is 0. The number of carbonyl (C=O) groups excluding carboxylic acids is 1. The number of pyridine rings is 2. The van der Waals surface area contributed by atoms with Gasteiger partial charge in [-0.2, -0.15) is 10.3 Å². The molecule has 3 rings (SSSR count). The first kappa shape index (κ1) is 26.9. The van der Waals surface area contributed by atoms with Crippen LogP contribution in [0.5, 0.6) is 0 Å². The van der Waals surface area contributed by atoms with Gasteiger partial charge in [-0.1, -0.05) is 30.9 Å². The number of hydrogen-bond donors (Lipinski definition) is 0. The van der Waals surface area contributed by atoms with Gasteiger partial charge in [0.05, 0.1) is 15.9 Å². The van der Waals surface area contributed by atoms with Crippen LogP contribution in [-0.4, -0.2) is 38.0 Å². The highest BCUT2D eigenvalue weighted by Crippen LogP contribution is 2.13. The zero-order valence-electron chi connectivity index (χ0n) is 20.6. The molecule has 0 bridgehead atoms. The summed E-state index contributed by atoms with van der Waals surface area (Å²) in [7, 11) is 0. The van der Waals surface area contributed by atoms with Crippen LogP contribution in [0.1, 0.15) is 30.9 Å². The number of aromatic nitrogens is 3. The SMILES string of the molecule is C=C/C=C\C=C(/CC(=O)N=c1c(C#N)cc2c(=O)n3cccc(C)c3nc2n1CCCOCC)[N+](=O)[O-]. The standard InChI is InChI=1S/C26H26N6O5/c1-4-6-7-11-20(32(35)36)16-22(33)28-24-19(17-27)15-21-25(30(24)13-9-14-37-5-2)29-23-18(3)10-8-12-31(23)26(21)34/h4,6-8,10-12,15H,1,5,9,13-14,16H2,2-3H3/b7-6-,20-11+,28-24?. The maximum atomic E-state index is 13.3. The highest BCUT2D eigenvalue weighted by atomic mass is 16.6. The Kier molecular flexibility index (Phi) is 8.96. The lowest BCUT2D eigenvalue weighted by molar-refractivity contribution is -0.426. The van der Waals surface area contributed by atoms with Crippen molar-refractivity contribution in [2.24, 2.45) is 4.99 Å². The van der Waals surface area contributed by atoms with Crippen LogP contribution < -0.4 is 11.0 Å². The molecule has 11 nitrogen and oxygen atoms in total. The molecule has 0 aromatic carbocycles. The average molecular weight is 503 g/mol. The van der Waals surface area contributed by atoms with E-state index in [-0.39, 0.29) is 39.9 Å². The Balaban J connectivity index is 2.28. The van der Waals surface area contributed by atoms with E-state index in [1.807, 2.05) is 26.0 Å². The maximum Gasteiger partial charge on any atom is 0.267 e. The maximum absolute atomic E-state index is 13.3. The Morgan fingerprint density at radius 2 is 2.16 bits per heavy atom. The number of amides is 1. The van der Waals surface area contributed by atoms with Gasteiger partial charge in [-0.05, 0) is 38.0 Å². The average Bonchev–Trinajstić information content (AvgIpc) is 2.87. The van der Waals surface area contributed by atoms with Crippen molar-refractivity contribution in [1.29, 1.82) is 5.26 Å². The third-order valence-electron chi connectivity index (χ3n) is 5.43. The molecule has 0 spiro atoms. The number of ether oxygens (including phenoxy) is 1. The van der Waals surface area contributed by atoms with Crippen LogP contribution >= 0.6 is 0 Å². The van der Waals surface area contributed by atoms with Gasteiger partial charge in [0.15, 0.2) is 5.49 Å². The molecule has 0 saturated heterocycles. The summed E-state index contributed by atoms with van der Waals surface area (Å²) in [5.41, 5.74) is 0.645. The Morgan fingerprint density at radius 1 is 1.38 bits per heavy atom. The van der Waals surface area contributed by atoms with Gasteiger partial charge in [0, 0.05) is 32.0 Å². The Labute approximate surface area is 212 Å². The molecule has 0 aliphatic heterocycles. The van der Waals surface area contributed by atoms with Crippen molar-refractivity contribution in [3.8, 4) is 6.07 Å². The van der Waals surface area contributed by atoms with E-state index in [1.54, 1.807) is 12.3 Å². The quantitative estimate of drug-likeness (QED) is 0.136. The van der Waals surface area contributed by atoms with Crippen LogP contribution in [0.4, 0.5) is 0 Å². The molecule has 0 N–H and O–H groups in total. The first-order valence-corrected chi connectivity index (χ1v) is 11.6. The number of rotatable bonds is 10. The summed E-state index contributed by atoms with van der Waals surface area (Å²) < 4.78 is 8.36. The molecule has 3 heterocycles. The van der Waals surface area contributed by atoms with E-state index < -0.39 is 17.3 Å². The molecule has 0 saturated carbocycles. The predicted octanol–water partition coefficient (Wildman–Crippen LogP) is 2.98. The first-order valence-electron chi connectivity index (χ1n) is 11.6. The van der Waals surface area contributed by atoms with Crippen LogP contribution in [0.2, 0.25) is 0 Å². The molecule has 0 fully saturated rings. The largest absolute Gasteiger partial charge is 0.382 e. The smallest absolute Gasteiger partial charge is 0.267 e. The summed E-state index contributed by atoms with van der Waals surface area (Å²) in [4.78, 5) is 45.6. The third kappa shape index (κ3) is 6.12. The van der Waals surface area contributed by atoms with Crippen molar-refractivity contribution in [2.75, 3.05) is 13.2 Å². The predicted molar refractivity (Wildman–Crippen MR) is 137 cm³/mol. The van der Waals surface area contributed by atoms with Crippen molar-refractivity contribution in [2.45, 2.75) is 33.2 Å². The molecule has 11 heteroatoms. The fourth-order valence-corrected chi connectivity index (χ4v) is 3.71. The van der Waals surface area contributed by atoms with Crippen molar-refractivity contribution in [3.63, 3.8) is 0 Å². The van der Waals surface area contributed by atoms with E-state index in [2.05, 4.69) is 16.6 Å². The summed E-state index contributed by atoms with van der Waals surface area (Å²) in [5, 5.41) is 21.5. The second-order valence-corrected chi connectivity index (χ2v) is 7.95. The van der Waals surface area contributed by atoms with Gasteiger partial charge in [-0.15, -0.1) is 0 Å². The molecule has 3 aromatic rings. The highest BCUT2D eigenvalue weighted by Gasteiger charge is 2.18. The van der Waals surface area contributed by atoms with Crippen LogP contribution in [0, 0.1) is 28.4 Å². The van der Waals surface area contributed by atoms with Gasteiger partial charge < -0.3 is 9.30 Å². The molecule has 0 radical (unpaired) electrons. The second-order valence-electron chi connectivity index (χ2n) is 7.95. The van der Waals surface area contributed by atoms with E-state index in [4.69, 9.17) is 4.74 Å². The molecule has 0 aliphatic carbocycles. The second kappa shape index (κ2) is 12.3. The van der Waals surface area contributed by atoms with Gasteiger partial charge in [0.25, 0.3) is 17.2 Å². The van der Waals surface area contributed by atoms with Crippen molar-refractivity contribution < 1.29 is 14.5 Å². The minimum absolute atomic E-state index is 0.0225. The zero-order valence-corrected chi connectivity index (χ0v) is 20.6. The van der Waals surface area contributed by atoms with E-state index in [1.165, 1.54) is 39.3 Å². The van der Waals surface area contributed by atoms with Crippen molar-refractivity contribution in [1.82, 2.24) is 14.0 Å². The number of aryl methyl sites for hydroxylation is 2. The Bertz CT molecular complexity index is 1600. The van der Waals surface area contributed by atoms with E-state index in [0.29, 0.717) is 25.3 Å². The molecule has 0 unspecified atom stereocenters. The molecule has 1 amide bonds. The van der Waals surface area contributed by atoms with E-state index in [9.17, 15) is 25.0 Å². The third-order valence-corrected chi connectivity index (χ3v) is 5.43. The monoisotopic (exact) mass is 502 g/mol. The number of allylic oxidation sites excluding steroid dienone is 4. The van der Waals surface area contributed by atoms with Crippen LogP contribution in [-0.2, 0) is 16.1 Å². The number of carbonyl (C=O) groups is 1. The topological polar surface area (TPSA) is 145 Å². The van der Waals surface area contributed by atoms with Crippen LogP contribution in [0.25, 0.3) is 16.7 Å². The van der Waals surface area contributed by atoms with Crippen LogP contribution in [0.3, 0.4) is 0 Å². The van der Waals surface area contributed by atoms with Gasteiger partial charge in [0.1, 0.15) is 23.8 Å². The normalized spacial score (nSPS) is 12.4. The first-order chi connectivity index (χ1) is 17.8. The molecule has 37 heavy (non-hydrogen) atoms. The Morgan fingerprint density at radius 3 is 2.84 bits per heavy atom. The van der Waals surface area contributed by atoms with E-state index in [0.717, 1.165) is 5.56 Å². The van der Waals surface area contributed by atoms with E-state index >= 15 is 0 Å². The molecular formula is C26H26N6O5. The molecule has 190 valence electrons. The molecule has 3 aromatic heterocycles. The fraction of sp³-hybridized carbons (Fsp3) is 0.269. The lowest BCUT2D eigenvalue weighted by Gasteiger charge is -2.14. The minimum Gasteiger partial charge on any atom is -0.382 e. The van der Waals surface area contributed by atoms with Crippen molar-refractivity contribution >= 4 is 22.6 Å². The van der Waals surface area contributed by atoms with Gasteiger partial charge >= 0.3 is 0 Å². The summed E-state index contributed by atoms with van der Waals surface area (Å²) in [6.07, 6.45) is 7.01. The lowest BCUT2D eigenvalue weighted by Crippen LogP contribution is -2.30. The highest BCUT2D eigenvalue weighted by molar-refractivity contribution is 5.81. The zero-order chi connectivity index (χ0) is 26.9. The molecule has 0 aliphatic rings. The van der Waals surface area contributed by atoms with Gasteiger partial charge in [-0.3, -0.25) is 24.1 Å². The molecule has 0 atom stereocenters. The lowest BCUT2D eigenvalue weighted by atomic mass is 10.2. The minimum atomic E-state index is -0.821. The van der Waals surface area contributed by atoms with Gasteiger partial charge in [0.2, 0.25) is 0 Å². The van der Waals surface area contributed by atoms with Crippen molar-refractivity contribution in [3.05, 3.63) is 98.1 Å². The summed E-state index contributed by atoms with van der Waals surface area (Å²) in [5.74, 6) is -0.821. The number of nitrogens with zero attached hydrogens (tertiary/aromatic N) is 6. The Hall–Kier alpha value is -4.69. The number of hydrogen-bond acceptors (Lipinski definition) is 7. The fourth-order valence-electron chi connectivity index (χ4n) is 3.71. The summed E-state index contributed by atoms with van der Waals surface area (Å²) in [6.45, 7) is 8.32. The van der Waals surface area contributed by atoms with Crippen LogP contribution in [0.15, 0.2) is 70.8 Å². The van der Waals surface area contributed by atoms with Gasteiger partial charge in [-0.25, -0.2) is 4.98 Å². The number of fused-ring (bicyclic) bond motifs is 2.